The van der Waals surface area contributed by atoms with E-state index in [1.54, 1.807) is 49.4 Å². The minimum atomic E-state index is -0.366. The molecule has 1 heterocycles. The second-order valence-corrected chi connectivity index (χ2v) is 5.27. The SMILES string of the molecule is CCOC(=O)c1ccc(NCC(=O)Nc2ccc3c(c2)OCO3)cc1. The van der Waals surface area contributed by atoms with Crippen LogP contribution in [0.15, 0.2) is 42.5 Å². The summed E-state index contributed by atoms with van der Waals surface area (Å²) in [5.74, 6) is 0.709. The molecule has 1 amide bonds. The van der Waals surface area contributed by atoms with E-state index in [1.807, 2.05) is 0 Å². The summed E-state index contributed by atoms with van der Waals surface area (Å²) in [6, 6.07) is 12.0. The molecule has 0 bridgehead atoms. The van der Waals surface area contributed by atoms with E-state index in [0.717, 1.165) is 5.69 Å². The minimum Gasteiger partial charge on any atom is -0.462 e. The van der Waals surface area contributed by atoms with Gasteiger partial charge < -0.3 is 24.8 Å². The summed E-state index contributed by atoms with van der Waals surface area (Å²) < 4.78 is 15.4. The predicted molar refractivity (Wildman–Crippen MR) is 92.1 cm³/mol. The van der Waals surface area contributed by atoms with Gasteiger partial charge in [0.25, 0.3) is 0 Å². The number of carbonyl (C=O) groups is 2. The molecule has 0 unspecified atom stereocenters. The lowest BCUT2D eigenvalue weighted by molar-refractivity contribution is -0.114. The smallest absolute Gasteiger partial charge is 0.338 e. The molecule has 2 aromatic carbocycles. The van der Waals surface area contributed by atoms with Crippen molar-refractivity contribution >= 4 is 23.3 Å². The lowest BCUT2D eigenvalue weighted by Crippen LogP contribution is -2.21. The number of rotatable bonds is 6. The van der Waals surface area contributed by atoms with Gasteiger partial charge in [-0.25, -0.2) is 4.79 Å². The normalized spacial score (nSPS) is 11.7. The molecule has 2 N–H and O–H groups in total. The summed E-state index contributed by atoms with van der Waals surface area (Å²) in [6.45, 7) is 2.37. The fourth-order valence-electron chi connectivity index (χ4n) is 2.30. The van der Waals surface area contributed by atoms with Gasteiger partial charge in [-0.1, -0.05) is 0 Å². The Labute approximate surface area is 144 Å². The molecule has 7 heteroatoms. The van der Waals surface area contributed by atoms with E-state index in [0.29, 0.717) is 29.4 Å². The second-order valence-electron chi connectivity index (χ2n) is 5.27. The van der Waals surface area contributed by atoms with Crippen molar-refractivity contribution in [3.05, 3.63) is 48.0 Å². The molecule has 0 spiro atoms. The van der Waals surface area contributed by atoms with Crippen molar-refractivity contribution in [3.63, 3.8) is 0 Å². The molecule has 0 radical (unpaired) electrons. The van der Waals surface area contributed by atoms with Crippen LogP contribution in [0.2, 0.25) is 0 Å². The van der Waals surface area contributed by atoms with E-state index in [9.17, 15) is 9.59 Å². The molecule has 0 fully saturated rings. The van der Waals surface area contributed by atoms with Gasteiger partial charge in [0.05, 0.1) is 18.7 Å². The van der Waals surface area contributed by atoms with Crippen molar-refractivity contribution in [1.29, 1.82) is 0 Å². The van der Waals surface area contributed by atoms with Crippen LogP contribution in [-0.4, -0.2) is 31.8 Å². The third kappa shape index (κ3) is 4.20. The fourth-order valence-corrected chi connectivity index (χ4v) is 2.30. The topological polar surface area (TPSA) is 85.9 Å². The first-order valence-corrected chi connectivity index (χ1v) is 7.86. The Hall–Kier alpha value is -3.22. The lowest BCUT2D eigenvalue weighted by Gasteiger charge is -2.09. The zero-order valence-electron chi connectivity index (χ0n) is 13.7. The van der Waals surface area contributed by atoms with E-state index in [2.05, 4.69) is 10.6 Å². The van der Waals surface area contributed by atoms with Crippen LogP contribution >= 0.6 is 0 Å². The van der Waals surface area contributed by atoms with E-state index >= 15 is 0 Å². The van der Waals surface area contributed by atoms with Gasteiger partial charge in [0.2, 0.25) is 12.7 Å². The molecule has 7 nitrogen and oxygen atoms in total. The average Bonchev–Trinajstić information content (AvgIpc) is 3.08. The number of fused-ring (bicyclic) bond motifs is 1. The maximum atomic E-state index is 12.0. The van der Waals surface area contributed by atoms with Gasteiger partial charge in [-0.15, -0.1) is 0 Å². The number of hydrogen-bond acceptors (Lipinski definition) is 6. The first-order chi connectivity index (χ1) is 12.2. The van der Waals surface area contributed by atoms with Crippen molar-refractivity contribution in [3.8, 4) is 11.5 Å². The first kappa shape index (κ1) is 16.6. The Morgan fingerprint density at radius 1 is 1.04 bits per heavy atom. The molecule has 0 aliphatic carbocycles. The number of ether oxygens (including phenoxy) is 3. The third-order valence-electron chi connectivity index (χ3n) is 3.51. The maximum absolute atomic E-state index is 12.0. The van der Waals surface area contributed by atoms with E-state index in [-0.39, 0.29) is 25.2 Å². The number of amides is 1. The first-order valence-electron chi connectivity index (χ1n) is 7.86. The molecule has 0 saturated heterocycles. The fraction of sp³-hybridized carbons (Fsp3) is 0.222. The molecular formula is C18H18N2O5. The Kier molecular flexibility index (Phi) is 5.03. The molecule has 0 aromatic heterocycles. The summed E-state index contributed by atoms with van der Waals surface area (Å²) in [7, 11) is 0. The molecule has 0 saturated carbocycles. The van der Waals surface area contributed by atoms with Crippen LogP contribution in [0.4, 0.5) is 11.4 Å². The van der Waals surface area contributed by atoms with Gasteiger partial charge in [-0.3, -0.25) is 4.79 Å². The Morgan fingerprint density at radius 2 is 1.76 bits per heavy atom. The van der Waals surface area contributed by atoms with Gasteiger partial charge in [-0.05, 0) is 43.3 Å². The molecule has 0 atom stereocenters. The van der Waals surface area contributed by atoms with Gasteiger partial charge in [0.1, 0.15) is 0 Å². The molecule has 1 aliphatic heterocycles. The standard InChI is InChI=1S/C18H18N2O5/c1-2-23-18(22)12-3-5-13(6-4-12)19-10-17(21)20-14-7-8-15-16(9-14)25-11-24-15/h3-9,19H,2,10-11H2,1H3,(H,20,21). The van der Waals surface area contributed by atoms with Crippen molar-refractivity contribution in [2.75, 3.05) is 30.6 Å². The quantitative estimate of drug-likeness (QED) is 0.785. The van der Waals surface area contributed by atoms with Gasteiger partial charge >= 0.3 is 5.97 Å². The Balaban J connectivity index is 1.51. The van der Waals surface area contributed by atoms with Crippen molar-refractivity contribution in [1.82, 2.24) is 0 Å². The summed E-state index contributed by atoms with van der Waals surface area (Å²) in [5.41, 5.74) is 1.83. The van der Waals surface area contributed by atoms with Crippen molar-refractivity contribution in [2.45, 2.75) is 6.92 Å². The van der Waals surface area contributed by atoms with E-state index < -0.39 is 0 Å². The zero-order valence-corrected chi connectivity index (χ0v) is 13.7. The van der Waals surface area contributed by atoms with E-state index in [1.165, 1.54) is 0 Å². The number of hydrogen-bond donors (Lipinski definition) is 2. The number of anilines is 2. The molecular weight excluding hydrogens is 324 g/mol. The highest BCUT2D eigenvalue weighted by molar-refractivity contribution is 5.94. The van der Waals surface area contributed by atoms with Gasteiger partial charge in [0, 0.05) is 17.4 Å². The predicted octanol–water partition coefficient (Wildman–Crippen LogP) is 2.64. The van der Waals surface area contributed by atoms with Crippen LogP contribution in [0, 0.1) is 0 Å². The highest BCUT2D eigenvalue weighted by Gasteiger charge is 2.14. The Bertz CT molecular complexity index is 774. The molecule has 2 aromatic rings. The van der Waals surface area contributed by atoms with Crippen LogP contribution < -0.4 is 20.1 Å². The van der Waals surface area contributed by atoms with Crippen LogP contribution in [0.5, 0.6) is 11.5 Å². The number of benzene rings is 2. The second kappa shape index (κ2) is 7.57. The summed E-state index contributed by atoms with van der Waals surface area (Å²) in [6.07, 6.45) is 0. The molecule has 3 rings (SSSR count). The van der Waals surface area contributed by atoms with E-state index in [4.69, 9.17) is 14.2 Å². The number of carbonyl (C=O) groups excluding carboxylic acids is 2. The monoisotopic (exact) mass is 342 g/mol. The minimum absolute atomic E-state index is 0.0905. The van der Waals surface area contributed by atoms with Crippen LogP contribution in [0.1, 0.15) is 17.3 Å². The maximum Gasteiger partial charge on any atom is 0.338 e. The van der Waals surface area contributed by atoms with Crippen LogP contribution in [0.3, 0.4) is 0 Å². The van der Waals surface area contributed by atoms with Crippen LogP contribution in [-0.2, 0) is 9.53 Å². The summed E-state index contributed by atoms with van der Waals surface area (Å²) >= 11 is 0. The highest BCUT2D eigenvalue weighted by Crippen LogP contribution is 2.34. The highest BCUT2D eigenvalue weighted by atomic mass is 16.7. The molecule has 25 heavy (non-hydrogen) atoms. The summed E-state index contributed by atoms with van der Waals surface area (Å²) in [4.78, 5) is 23.6. The van der Waals surface area contributed by atoms with Crippen molar-refractivity contribution < 1.29 is 23.8 Å². The Morgan fingerprint density at radius 3 is 2.52 bits per heavy atom. The number of esters is 1. The summed E-state index contributed by atoms with van der Waals surface area (Å²) in [5, 5.41) is 5.77. The lowest BCUT2D eigenvalue weighted by atomic mass is 10.2. The average molecular weight is 342 g/mol. The van der Waals surface area contributed by atoms with Crippen LogP contribution in [0.25, 0.3) is 0 Å². The van der Waals surface area contributed by atoms with Gasteiger partial charge in [0.15, 0.2) is 11.5 Å². The van der Waals surface area contributed by atoms with Crippen molar-refractivity contribution in [2.24, 2.45) is 0 Å². The largest absolute Gasteiger partial charge is 0.462 e. The molecule has 130 valence electrons. The molecule has 1 aliphatic rings. The number of nitrogens with one attached hydrogen (secondary N) is 2. The van der Waals surface area contributed by atoms with Gasteiger partial charge in [-0.2, -0.15) is 0 Å². The third-order valence-corrected chi connectivity index (χ3v) is 3.51. The zero-order chi connectivity index (χ0) is 17.6.